The fourth-order valence-electron chi connectivity index (χ4n) is 8.51. The number of carbonyl (C=O) groups is 4. The SMILES string of the molecule is C.C.C.COc1cc(NC(=O)Cc2ccc(F)cc2)cc(F)c1O.COc1ccc(COc2c(F)cc(C(=O)O)cc2C2SCCCS2)cc1.Cc1c(F)cc(NC(=O)Nc2ccc(F)cc2)cc1C1SCCCS1.O=C(O)c1cc(F)c(O)c(C2SCCCS2)c1. The Hall–Kier alpha value is -7.10. The third-order valence-electron chi connectivity index (χ3n) is 13.0. The standard InChI is InChI=1S/C19H19FO4S2.C18H18F2N2OS2.C15H13F2NO3.C11H11FO3S2.3CH4/c1-23-14-5-3-12(4-6-14)11-24-17-15(19-25-7-2-8-26-19)9-13(18(21)22)10-16(17)20;1-11-15(17-24-7-2-8-25-17)9-14(10-16(11)20)22-18(23)21-13-5-3-12(19)4-6-13;1-21-13-8-11(7-12(17)15(13)20)18-14(19)6-9-2-4-10(16)5-3-9;12-8-5-6(10(14)15)4-7(9(8)13)11-16-2-1-3-17-11;;;/h3-6,9-10,19H,2,7-8,11H2,1H3,(H,21,22);3-6,9-10,17H,2,7-8H2,1H3,(H2,21,22,23);2-5,7-8,20H,6H2,1H3,(H,18,19);4-5,11,13H,1-3H2,(H,14,15);3*1H4. The first-order valence-electron chi connectivity index (χ1n) is 27.2. The minimum Gasteiger partial charge on any atom is -0.505 e. The van der Waals surface area contributed by atoms with Crippen molar-refractivity contribution in [3.05, 3.63) is 201 Å². The zero-order valence-electron chi connectivity index (χ0n) is 47.9. The van der Waals surface area contributed by atoms with E-state index < -0.39 is 52.8 Å². The third kappa shape index (κ3) is 22.9. The summed E-state index contributed by atoms with van der Waals surface area (Å²) < 4.78 is 97.2. The number of halogens is 6. The summed E-state index contributed by atoms with van der Waals surface area (Å²) in [5.41, 5.74) is 4.86. The summed E-state index contributed by atoms with van der Waals surface area (Å²) >= 11 is 10.2. The topological polar surface area (TPSA) is 213 Å². The minimum atomic E-state index is -1.18. The quantitative estimate of drug-likeness (QED) is 0.0376. The third-order valence-corrected chi connectivity index (χ3v) is 21.9. The number of anilines is 3. The lowest BCUT2D eigenvalue weighted by atomic mass is 10.1. The number of aromatic carboxylic acids is 2. The van der Waals surface area contributed by atoms with Crippen LogP contribution < -0.4 is 30.2 Å². The normalized spacial score (nSPS) is 13.8. The van der Waals surface area contributed by atoms with Crippen LogP contribution in [0.1, 0.15) is 109 Å². The van der Waals surface area contributed by atoms with Crippen molar-refractivity contribution in [1.29, 1.82) is 0 Å². The first-order valence-corrected chi connectivity index (χ1v) is 33.5. The average Bonchev–Trinajstić information content (AvgIpc) is 0.856. The van der Waals surface area contributed by atoms with Crippen LogP contribution in [0.3, 0.4) is 0 Å². The lowest BCUT2D eigenvalue weighted by molar-refractivity contribution is -0.115. The van der Waals surface area contributed by atoms with Gasteiger partial charge in [-0.15, -0.1) is 70.6 Å². The van der Waals surface area contributed by atoms with Gasteiger partial charge in [-0.2, -0.15) is 0 Å². The molecule has 3 amide bonds. The Kier molecular flexibility index (Phi) is 32.1. The van der Waals surface area contributed by atoms with Gasteiger partial charge in [0.25, 0.3) is 0 Å². The second-order valence-corrected chi connectivity index (χ2v) is 27.6. The van der Waals surface area contributed by atoms with Crippen molar-refractivity contribution in [3.8, 4) is 28.7 Å². The number of amides is 3. The van der Waals surface area contributed by atoms with Crippen LogP contribution in [0.5, 0.6) is 28.7 Å². The van der Waals surface area contributed by atoms with E-state index in [1.807, 2.05) is 30.3 Å². The Morgan fingerprint density at radius 1 is 0.489 bits per heavy atom. The van der Waals surface area contributed by atoms with Crippen molar-refractivity contribution in [3.63, 3.8) is 0 Å². The number of methoxy groups -OCH3 is 2. The zero-order chi connectivity index (χ0) is 64.1. The van der Waals surface area contributed by atoms with Crippen LogP contribution in [0.25, 0.3) is 0 Å². The second-order valence-electron chi connectivity index (χ2n) is 19.4. The number of nitrogens with one attached hydrogen (secondary N) is 3. The molecule has 0 radical (unpaired) electrons. The molecule has 3 aliphatic heterocycles. The summed E-state index contributed by atoms with van der Waals surface area (Å²) in [5.74, 6) is -0.537. The number of carboxylic acid groups (broad SMARTS) is 2. The van der Waals surface area contributed by atoms with Gasteiger partial charge in [-0.25, -0.2) is 40.7 Å². The van der Waals surface area contributed by atoms with E-state index in [4.69, 9.17) is 19.3 Å². The molecule has 14 nitrogen and oxygen atoms in total. The Bertz CT molecular complexity index is 3570. The highest BCUT2D eigenvalue weighted by molar-refractivity contribution is 8.17. The monoisotopic (exact) mass is 1390 g/mol. The van der Waals surface area contributed by atoms with Gasteiger partial charge in [-0.05, 0) is 168 Å². The maximum atomic E-state index is 14.6. The molecule has 0 atom stereocenters. The molecule has 3 aliphatic rings. The van der Waals surface area contributed by atoms with Gasteiger partial charge in [0.05, 0.1) is 45.5 Å². The number of hydrogen-bond acceptors (Lipinski definition) is 15. The number of thioether (sulfide) groups is 6. The van der Waals surface area contributed by atoms with Crippen molar-refractivity contribution < 1.29 is 80.2 Å². The van der Waals surface area contributed by atoms with Gasteiger partial charge < -0.3 is 50.6 Å². The van der Waals surface area contributed by atoms with Gasteiger partial charge in [0.1, 0.15) is 29.8 Å². The van der Waals surface area contributed by atoms with Gasteiger partial charge in [0, 0.05) is 40.3 Å². The molecule has 0 bridgehead atoms. The van der Waals surface area contributed by atoms with E-state index in [0.29, 0.717) is 33.6 Å². The van der Waals surface area contributed by atoms with Crippen molar-refractivity contribution >= 4 is 112 Å². The number of carbonyl (C=O) groups excluding carboxylic acids is 2. The number of phenolic OH excluding ortho intramolecular Hbond substituents is 2. The first-order chi connectivity index (χ1) is 42.7. The number of phenols is 2. The zero-order valence-corrected chi connectivity index (χ0v) is 52.8. The molecule has 7 N–H and O–H groups in total. The Morgan fingerprint density at radius 3 is 1.46 bits per heavy atom. The highest BCUT2D eigenvalue weighted by Crippen LogP contribution is 2.50. The lowest BCUT2D eigenvalue weighted by Crippen LogP contribution is -2.20. The molecule has 10 rings (SSSR count). The van der Waals surface area contributed by atoms with E-state index in [1.54, 1.807) is 84.6 Å². The van der Waals surface area contributed by atoms with Crippen molar-refractivity contribution in [2.24, 2.45) is 0 Å². The first kappa shape index (κ1) is 77.3. The predicted molar refractivity (Wildman–Crippen MR) is 366 cm³/mol. The van der Waals surface area contributed by atoms with E-state index >= 15 is 0 Å². The lowest BCUT2D eigenvalue weighted by Gasteiger charge is -2.24. The molecule has 7 aromatic rings. The summed E-state index contributed by atoms with van der Waals surface area (Å²) in [6.07, 6.45) is 3.35. The maximum absolute atomic E-state index is 14.6. The van der Waals surface area contributed by atoms with Crippen LogP contribution >= 0.6 is 70.6 Å². The predicted octanol–water partition coefficient (Wildman–Crippen LogP) is 18.6. The Balaban J connectivity index is 0.000000262. The van der Waals surface area contributed by atoms with Crippen LogP contribution in [0, 0.1) is 41.8 Å². The maximum Gasteiger partial charge on any atom is 0.335 e. The molecule has 3 heterocycles. The molecule has 0 saturated carbocycles. The highest BCUT2D eigenvalue weighted by atomic mass is 32.2. The summed E-state index contributed by atoms with van der Waals surface area (Å²) in [4.78, 5) is 46.1. The number of hydrogen-bond donors (Lipinski definition) is 7. The van der Waals surface area contributed by atoms with Gasteiger partial charge in [-0.1, -0.05) is 46.5 Å². The molecule has 0 aliphatic carbocycles. The summed E-state index contributed by atoms with van der Waals surface area (Å²) in [5, 5.41) is 44.9. The van der Waals surface area contributed by atoms with Gasteiger partial charge >= 0.3 is 18.0 Å². The summed E-state index contributed by atoms with van der Waals surface area (Å²) in [6, 6.07) is 28.0. The number of benzene rings is 7. The summed E-state index contributed by atoms with van der Waals surface area (Å²) in [7, 11) is 2.87. The largest absolute Gasteiger partial charge is 0.505 e. The van der Waals surface area contributed by atoms with E-state index in [1.165, 1.54) is 79.9 Å². The van der Waals surface area contributed by atoms with E-state index in [-0.39, 0.29) is 94.8 Å². The fraction of sp³-hybridized carbons (Fsp3) is 0.303. The smallest absolute Gasteiger partial charge is 0.335 e. The number of urea groups is 1. The second kappa shape index (κ2) is 38.2. The van der Waals surface area contributed by atoms with Crippen LogP contribution in [-0.4, -0.2) is 93.0 Å². The number of ether oxygens (including phenoxy) is 3. The number of rotatable bonds is 15. The Labute approximate surface area is 557 Å². The van der Waals surface area contributed by atoms with Crippen LogP contribution in [0.2, 0.25) is 0 Å². The van der Waals surface area contributed by atoms with Crippen molar-refractivity contribution in [2.75, 3.05) is 64.7 Å². The van der Waals surface area contributed by atoms with Crippen LogP contribution in [0.15, 0.2) is 121 Å². The average molecular weight is 1390 g/mol. The van der Waals surface area contributed by atoms with Crippen LogP contribution in [0.4, 0.5) is 48.2 Å². The fourth-order valence-corrected chi connectivity index (χ4v) is 17.4. The summed E-state index contributed by atoms with van der Waals surface area (Å²) in [6.45, 7) is 1.96. The molecule has 0 unspecified atom stereocenters. The molecule has 3 fully saturated rings. The highest BCUT2D eigenvalue weighted by Gasteiger charge is 2.27. The molecule has 92 heavy (non-hydrogen) atoms. The molecule has 0 aromatic heterocycles. The van der Waals surface area contributed by atoms with Crippen LogP contribution in [-0.2, 0) is 17.8 Å². The molecule has 496 valence electrons. The van der Waals surface area contributed by atoms with Gasteiger partial charge in [0.15, 0.2) is 40.4 Å². The van der Waals surface area contributed by atoms with Gasteiger partial charge in [0.2, 0.25) is 5.91 Å². The molecule has 3 saturated heterocycles. The van der Waals surface area contributed by atoms with Crippen molar-refractivity contribution in [1.82, 2.24) is 0 Å². The van der Waals surface area contributed by atoms with Gasteiger partial charge in [-0.3, -0.25) is 4.79 Å². The number of aromatic hydroxyl groups is 2. The van der Waals surface area contributed by atoms with Crippen molar-refractivity contribution in [2.45, 2.75) is 75.2 Å². The van der Waals surface area contributed by atoms with E-state index in [0.717, 1.165) is 88.9 Å². The molecular weight excluding hydrogens is 1320 g/mol. The molecule has 26 heteroatoms. The number of carboxylic acids is 2. The molecule has 7 aromatic carbocycles. The molecular formula is C66H73F6N3O11S6. The van der Waals surface area contributed by atoms with E-state index in [2.05, 4.69) is 16.0 Å². The van der Waals surface area contributed by atoms with E-state index in [9.17, 15) is 60.8 Å². The molecule has 0 spiro atoms. The Morgan fingerprint density at radius 2 is 0.935 bits per heavy atom. The minimum absolute atomic E-state index is 0.